The van der Waals surface area contributed by atoms with Gasteiger partial charge in [0.05, 0.1) is 11.5 Å². The van der Waals surface area contributed by atoms with Gasteiger partial charge in [-0.2, -0.15) is 0 Å². The lowest BCUT2D eigenvalue weighted by Crippen LogP contribution is -2.54. The number of piperidine rings is 1. The largest absolute Gasteiger partial charge is 0.383 e. The number of amides is 2. The number of thiocarbonyl (C=S) groups is 1. The van der Waals surface area contributed by atoms with E-state index in [1.807, 2.05) is 10.3 Å². The fraction of sp³-hybridized carbons (Fsp3) is 0.409. The first kappa shape index (κ1) is 24.1. The summed E-state index contributed by atoms with van der Waals surface area (Å²) in [4.78, 5) is 28.1. The van der Waals surface area contributed by atoms with Crippen molar-refractivity contribution in [1.29, 1.82) is 0 Å². The number of carbonyl (C=O) groups excluding carboxylic acids is 2. The molecule has 0 aliphatic carbocycles. The van der Waals surface area contributed by atoms with Crippen LogP contribution in [0.25, 0.3) is 0 Å². The van der Waals surface area contributed by atoms with Crippen LogP contribution in [0.3, 0.4) is 0 Å². The second-order valence-corrected chi connectivity index (χ2v) is 8.81. The van der Waals surface area contributed by atoms with Gasteiger partial charge in [-0.05, 0) is 66.7 Å². The van der Waals surface area contributed by atoms with Crippen LogP contribution in [0.5, 0.6) is 0 Å². The number of hydrogen-bond donors (Lipinski definition) is 3. The average molecular weight is 479 g/mol. The Morgan fingerprint density at radius 2 is 1.97 bits per heavy atom. The van der Waals surface area contributed by atoms with Gasteiger partial charge in [-0.15, -0.1) is 11.3 Å². The Labute approximate surface area is 196 Å². The molecule has 0 spiro atoms. The Morgan fingerprint density at radius 3 is 2.59 bits per heavy atom. The molecule has 2 heterocycles. The van der Waals surface area contributed by atoms with Crippen molar-refractivity contribution in [2.75, 3.05) is 38.7 Å². The van der Waals surface area contributed by atoms with Gasteiger partial charge in [0.1, 0.15) is 11.9 Å². The summed E-state index contributed by atoms with van der Waals surface area (Å²) in [5.41, 5.74) is 0.720. The molecule has 3 rings (SSSR count). The normalized spacial score (nSPS) is 15.1. The summed E-state index contributed by atoms with van der Waals surface area (Å²) in [5.74, 6) is -0.784. The van der Waals surface area contributed by atoms with E-state index in [-0.39, 0.29) is 23.5 Å². The van der Waals surface area contributed by atoms with Crippen molar-refractivity contribution in [3.05, 3.63) is 52.5 Å². The Bertz CT molecular complexity index is 900. The minimum atomic E-state index is -0.637. The number of hydrogen-bond acceptors (Lipinski definition) is 5. The molecule has 2 amide bonds. The second-order valence-electron chi connectivity index (χ2n) is 7.47. The van der Waals surface area contributed by atoms with Crippen molar-refractivity contribution in [3.63, 3.8) is 0 Å². The molecule has 1 saturated heterocycles. The number of rotatable bonds is 8. The quantitative estimate of drug-likeness (QED) is 0.400. The van der Waals surface area contributed by atoms with E-state index in [1.165, 1.54) is 23.5 Å². The summed E-state index contributed by atoms with van der Waals surface area (Å²) in [6.45, 7) is 2.08. The zero-order chi connectivity index (χ0) is 22.9. The molecule has 2 aromatic rings. The van der Waals surface area contributed by atoms with Crippen LogP contribution in [0, 0.1) is 11.7 Å². The maximum atomic E-state index is 13.1. The molecular formula is C22H27FN4O3S2. The number of halogens is 1. The van der Waals surface area contributed by atoms with Crippen molar-refractivity contribution in [2.24, 2.45) is 5.92 Å². The topological polar surface area (TPSA) is 82.7 Å². The highest BCUT2D eigenvalue weighted by atomic mass is 32.1. The predicted molar refractivity (Wildman–Crippen MR) is 127 cm³/mol. The van der Waals surface area contributed by atoms with Crippen molar-refractivity contribution in [3.8, 4) is 0 Å². The second kappa shape index (κ2) is 11.9. The molecule has 0 radical (unpaired) electrons. The van der Waals surface area contributed by atoms with Crippen LogP contribution < -0.4 is 16.0 Å². The summed E-state index contributed by atoms with van der Waals surface area (Å²) >= 11 is 6.84. The van der Waals surface area contributed by atoms with Crippen LogP contribution in [0.4, 0.5) is 10.1 Å². The molecule has 32 heavy (non-hydrogen) atoms. The number of ether oxygens (including phenoxy) is 1. The number of thiophene rings is 1. The van der Waals surface area contributed by atoms with Crippen LogP contribution >= 0.6 is 23.6 Å². The molecule has 1 aliphatic rings. The van der Waals surface area contributed by atoms with E-state index in [2.05, 4.69) is 16.0 Å². The van der Waals surface area contributed by atoms with E-state index in [4.69, 9.17) is 17.0 Å². The molecule has 1 aromatic heterocycles. The third-order valence-corrected chi connectivity index (χ3v) is 6.54. The number of nitrogens with one attached hydrogen (secondary N) is 3. The molecule has 0 saturated carbocycles. The highest BCUT2D eigenvalue weighted by Crippen LogP contribution is 2.23. The summed E-state index contributed by atoms with van der Waals surface area (Å²) in [7, 11) is 1.57. The lowest BCUT2D eigenvalue weighted by molar-refractivity contribution is -0.124. The summed E-state index contributed by atoms with van der Waals surface area (Å²) < 4.78 is 18.1. The predicted octanol–water partition coefficient (Wildman–Crippen LogP) is 2.86. The first-order valence-electron chi connectivity index (χ1n) is 10.4. The zero-order valence-corrected chi connectivity index (χ0v) is 19.4. The Kier molecular flexibility index (Phi) is 8.95. The van der Waals surface area contributed by atoms with Crippen LogP contribution in [0.15, 0.2) is 41.8 Å². The Hall–Kier alpha value is -2.56. The molecule has 0 bridgehead atoms. The van der Waals surface area contributed by atoms with Crippen molar-refractivity contribution < 1.29 is 18.7 Å². The zero-order valence-electron chi connectivity index (χ0n) is 17.8. The SMILES string of the molecule is COCCNC(=O)[C@@H](NC(=O)c1cccs1)C1CCN(C(=S)Nc2ccc(F)cc2)CC1. The van der Waals surface area contributed by atoms with Gasteiger partial charge in [0, 0.05) is 32.4 Å². The van der Waals surface area contributed by atoms with Crippen LogP contribution in [0.2, 0.25) is 0 Å². The molecule has 1 aromatic carbocycles. The number of likely N-dealkylation sites (tertiary alicyclic amines) is 1. The highest BCUT2D eigenvalue weighted by molar-refractivity contribution is 7.80. The van der Waals surface area contributed by atoms with Crippen molar-refractivity contribution in [2.45, 2.75) is 18.9 Å². The molecule has 3 N–H and O–H groups in total. The maximum Gasteiger partial charge on any atom is 0.262 e. The van der Waals surface area contributed by atoms with Gasteiger partial charge in [0.2, 0.25) is 5.91 Å². The minimum absolute atomic E-state index is 0.0219. The Morgan fingerprint density at radius 1 is 1.25 bits per heavy atom. The van der Waals surface area contributed by atoms with E-state index in [0.29, 0.717) is 49.1 Å². The summed E-state index contributed by atoms with van der Waals surface area (Å²) in [6, 6.07) is 8.93. The summed E-state index contributed by atoms with van der Waals surface area (Å²) in [6.07, 6.45) is 1.39. The fourth-order valence-electron chi connectivity index (χ4n) is 3.58. The summed E-state index contributed by atoms with van der Waals surface area (Å²) in [5, 5.41) is 11.3. The molecule has 1 aliphatic heterocycles. The number of benzene rings is 1. The Balaban J connectivity index is 1.59. The van der Waals surface area contributed by atoms with Crippen LogP contribution in [-0.2, 0) is 9.53 Å². The van der Waals surface area contributed by atoms with E-state index in [1.54, 1.807) is 31.4 Å². The van der Waals surface area contributed by atoms with Gasteiger partial charge in [-0.3, -0.25) is 9.59 Å². The van der Waals surface area contributed by atoms with Crippen LogP contribution in [0.1, 0.15) is 22.5 Å². The number of carbonyl (C=O) groups is 2. The lowest BCUT2D eigenvalue weighted by atomic mass is 9.88. The molecule has 1 atom stereocenters. The van der Waals surface area contributed by atoms with E-state index in [9.17, 15) is 14.0 Å². The van der Waals surface area contributed by atoms with Gasteiger partial charge >= 0.3 is 0 Å². The first-order chi connectivity index (χ1) is 15.5. The molecule has 7 nitrogen and oxygen atoms in total. The third-order valence-electron chi connectivity index (χ3n) is 5.31. The van der Waals surface area contributed by atoms with Crippen molar-refractivity contribution >= 4 is 46.2 Å². The standard InChI is InChI=1S/C22H27FN4O3S2/c1-30-13-10-24-21(29)19(26-20(28)18-3-2-14-32-18)15-8-11-27(12-9-15)22(31)25-17-6-4-16(23)5-7-17/h2-7,14-15,19H,8-13H2,1H3,(H,24,29)(H,25,31)(H,26,28)/t19-/m0/s1. The van der Waals surface area contributed by atoms with E-state index >= 15 is 0 Å². The highest BCUT2D eigenvalue weighted by Gasteiger charge is 2.33. The molecule has 1 fully saturated rings. The molecule has 0 unspecified atom stereocenters. The minimum Gasteiger partial charge on any atom is -0.383 e. The van der Waals surface area contributed by atoms with Gasteiger partial charge in [-0.25, -0.2) is 4.39 Å². The number of nitrogens with zero attached hydrogens (tertiary/aromatic N) is 1. The first-order valence-corrected chi connectivity index (χ1v) is 11.7. The molecule has 10 heteroatoms. The number of methoxy groups -OCH3 is 1. The van der Waals surface area contributed by atoms with Crippen LogP contribution in [-0.4, -0.2) is 61.2 Å². The van der Waals surface area contributed by atoms with Gasteiger partial charge < -0.3 is 25.6 Å². The van der Waals surface area contributed by atoms with E-state index in [0.717, 1.165) is 5.69 Å². The molecule has 172 valence electrons. The fourth-order valence-corrected chi connectivity index (χ4v) is 4.50. The van der Waals surface area contributed by atoms with Gasteiger partial charge in [0.15, 0.2) is 5.11 Å². The van der Waals surface area contributed by atoms with Crippen molar-refractivity contribution in [1.82, 2.24) is 15.5 Å². The van der Waals surface area contributed by atoms with E-state index < -0.39 is 6.04 Å². The average Bonchev–Trinajstić information content (AvgIpc) is 3.34. The third kappa shape index (κ3) is 6.72. The van der Waals surface area contributed by atoms with Gasteiger partial charge in [-0.1, -0.05) is 6.07 Å². The smallest absolute Gasteiger partial charge is 0.262 e. The number of anilines is 1. The molecular weight excluding hydrogens is 451 g/mol. The lowest BCUT2D eigenvalue weighted by Gasteiger charge is -2.37. The van der Waals surface area contributed by atoms with Gasteiger partial charge in [0.25, 0.3) is 5.91 Å². The monoisotopic (exact) mass is 478 g/mol. The maximum absolute atomic E-state index is 13.1.